The highest BCUT2D eigenvalue weighted by Gasteiger charge is 2.43. The fourth-order valence-electron chi connectivity index (χ4n) is 3.16. The Morgan fingerprint density at radius 1 is 1.19 bits per heavy atom. The van der Waals surface area contributed by atoms with Crippen molar-refractivity contribution in [1.82, 2.24) is 4.90 Å². The highest BCUT2D eigenvalue weighted by Crippen LogP contribution is 2.40. The number of hydrogen-bond acceptors (Lipinski definition) is 4. The van der Waals surface area contributed by atoms with Gasteiger partial charge in [0, 0.05) is 5.56 Å². The summed E-state index contributed by atoms with van der Waals surface area (Å²) in [5.74, 6) is -1.18. The summed E-state index contributed by atoms with van der Waals surface area (Å²) < 4.78 is 24.6. The van der Waals surface area contributed by atoms with E-state index in [1.165, 1.54) is 13.2 Å². The van der Waals surface area contributed by atoms with Crippen LogP contribution >= 0.6 is 0 Å². The highest BCUT2D eigenvalue weighted by atomic mass is 19.1. The van der Waals surface area contributed by atoms with Crippen LogP contribution in [0.15, 0.2) is 42.5 Å². The zero-order valence-electron chi connectivity index (χ0n) is 15.8. The summed E-state index contributed by atoms with van der Waals surface area (Å²) in [4.78, 5) is 26.7. The second-order valence-electron chi connectivity index (χ2n) is 7.44. The van der Waals surface area contributed by atoms with Crippen LogP contribution in [-0.2, 0) is 11.2 Å². The number of amides is 2. The summed E-state index contributed by atoms with van der Waals surface area (Å²) >= 11 is 0. The number of imide groups is 1. The number of rotatable bonds is 3. The maximum Gasteiger partial charge on any atom is 0.417 e. The molecule has 1 unspecified atom stereocenters. The van der Waals surface area contributed by atoms with Gasteiger partial charge in [-0.15, -0.1) is 0 Å². The minimum atomic E-state index is -0.758. The van der Waals surface area contributed by atoms with Crippen LogP contribution in [-0.4, -0.2) is 29.6 Å². The standard InChI is InChI=1S/C21H22FNO4/c1-21(2,3)27-20(25)23-17(10-13-8-6-5-7-9-13)14-12-18(26-4)16(22)11-15(14)19(23)24/h5-9,11-12,17H,10H2,1-4H3. The third-order valence-electron chi connectivity index (χ3n) is 4.31. The van der Waals surface area contributed by atoms with Gasteiger partial charge in [0.15, 0.2) is 11.6 Å². The van der Waals surface area contributed by atoms with E-state index in [0.717, 1.165) is 16.5 Å². The van der Waals surface area contributed by atoms with Crippen molar-refractivity contribution in [3.05, 3.63) is 65.0 Å². The Morgan fingerprint density at radius 2 is 1.85 bits per heavy atom. The molecule has 2 amide bonds. The van der Waals surface area contributed by atoms with Gasteiger partial charge in [0.05, 0.1) is 13.2 Å². The van der Waals surface area contributed by atoms with Crippen LogP contribution in [0.3, 0.4) is 0 Å². The number of halogens is 1. The first-order valence-electron chi connectivity index (χ1n) is 8.69. The number of benzene rings is 2. The van der Waals surface area contributed by atoms with Gasteiger partial charge in [-0.2, -0.15) is 0 Å². The van der Waals surface area contributed by atoms with E-state index in [0.29, 0.717) is 12.0 Å². The van der Waals surface area contributed by atoms with Crippen LogP contribution in [0.2, 0.25) is 0 Å². The van der Waals surface area contributed by atoms with E-state index in [4.69, 9.17) is 9.47 Å². The van der Waals surface area contributed by atoms with E-state index in [-0.39, 0.29) is 11.3 Å². The summed E-state index contributed by atoms with van der Waals surface area (Å²) in [6.07, 6.45) is -0.350. The number of methoxy groups -OCH3 is 1. The van der Waals surface area contributed by atoms with Crippen molar-refractivity contribution >= 4 is 12.0 Å². The molecule has 0 spiro atoms. The molecular weight excluding hydrogens is 349 g/mol. The van der Waals surface area contributed by atoms with Crippen molar-refractivity contribution in [3.63, 3.8) is 0 Å². The molecule has 1 aliphatic heterocycles. The van der Waals surface area contributed by atoms with Crippen LogP contribution in [0.5, 0.6) is 5.75 Å². The summed E-state index contributed by atoms with van der Waals surface area (Å²) in [6, 6.07) is 11.5. The normalized spacial score (nSPS) is 16.3. The third kappa shape index (κ3) is 3.79. The monoisotopic (exact) mass is 371 g/mol. The van der Waals surface area contributed by atoms with E-state index in [1.807, 2.05) is 30.3 Å². The zero-order chi connectivity index (χ0) is 19.8. The van der Waals surface area contributed by atoms with Crippen LogP contribution in [0.4, 0.5) is 9.18 Å². The SMILES string of the molecule is COc1cc2c(cc1F)C(=O)N(C(=O)OC(C)(C)C)C2Cc1ccccc1. The van der Waals surface area contributed by atoms with Crippen molar-refractivity contribution in [3.8, 4) is 5.75 Å². The molecule has 0 N–H and O–H groups in total. The molecule has 0 saturated carbocycles. The number of carbonyl (C=O) groups is 2. The minimum Gasteiger partial charge on any atom is -0.494 e. The molecule has 2 aromatic rings. The first-order valence-corrected chi connectivity index (χ1v) is 8.69. The van der Waals surface area contributed by atoms with Crippen molar-refractivity contribution in [2.45, 2.75) is 38.8 Å². The van der Waals surface area contributed by atoms with E-state index in [9.17, 15) is 14.0 Å². The second kappa shape index (κ2) is 7.02. The Labute approximate surface area is 157 Å². The Bertz CT molecular complexity index is 874. The molecule has 2 aromatic carbocycles. The molecule has 0 radical (unpaired) electrons. The molecule has 1 atom stereocenters. The van der Waals surface area contributed by atoms with Gasteiger partial charge in [0.25, 0.3) is 5.91 Å². The third-order valence-corrected chi connectivity index (χ3v) is 4.31. The van der Waals surface area contributed by atoms with E-state index in [2.05, 4.69) is 0 Å². The molecule has 0 aliphatic carbocycles. The fourth-order valence-corrected chi connectivity index (χ4v) is 3.16. The fraction of sp³-hybridized carbons (Fsp3) is 0.333. The predicted molar refractivity (Wildman–Crippen MR) is 98.2 cm³/mol. The van der Waals surface area contributed by atoms with Gasteiger partial charge in [-0.3, -0.25) is 4.79 Å². The topological polar surface area (TPSA) is 55.8 Å². The molecule has 0 fully saturated rings. The number of hydrogen-bond donors (Lipinski definition) is 0. The van der Waals surface area contributed by atoms with E-state index < -0.39 is 29.5 Å². The molecule has 0 bridgehead atoms. The largest absolute Gasteiger partial charge is 0.494 e. The number of fused-ring (bicyclic) bond motifs is 1. The lowest BCUT2D eigenvalue weighted by Crippen LogP contribution is -2.39. The van der Waals surface area contributed by atoms with Crippen molar-refractivity contribution in [2.75, 3.05) is 7.11 Å². The van der Waals surface area contributed by atoms with Gasteiger partial charge in [-0.05, 0) is 50.5 Å². The van der Waals surface area contributed by atoms with E-state index in [1.54, 1.807) is 20.8 Å². The highest BCUT2D eigenvalue weighted by molar-refractivity contribution is 6.07. The Kier molecular flexibility index (Phi) is 4.91. The van der Waals surface area contributed by atoms with Gasteiger partial charge in [0.2, 0.25) is 0 Å². The molecule has 6 heteroatoms. The number of nitrogens with zero attached hydrogens (tertiary/aromatic N) is 1. The Morgan fingerprint density at radius 3 is 2.44 bits per heavy atom. The molecule has 142 valence electrons. The van der Waals surface area contributed by atoms with Crippen LogP contribution in [0, 0.1) is 5.82 Å². The molecule has 0 aromatic heterocycles. The van der Waals surface area contributed by atoms with Crippen LogP contribution in [0.25, 0.3) is 0 Å². The van der Waals surface area contributed by atoms with Crippen LogP contribution in [0.1, 0.15) is 48.3 Å². The number of carbonyl (C=O) groups excluding carboxylic acids is 2. The van der Waals surface area contributed by atoms with Crippen molar-refractivity contribution in [2.24, 2.45) is 0 Å². The number of ether oxygens (including phenoxy) is 2. The lowest BCUT2D eigenvalue weighted by molar-refractivity contribution is 0.0190. The van der Waals surface area contributed by atoms with E-state index >= 15 is 0 Å². The molecule has 0 saturated heterocycles. The maximum atomic E-state index is 14.2. The van der Waals surface area contributed by atoms with Gasteiger partial charge < -0.3 is 9.47 Å². The average molecular weight is 371 g/mol. The van der Waals surface area contributed by atoms with Gasteiger partial charge in [-0.1, -0.05) is 30.3 Å². The van der Waals surface area contributed by atoms with Gasteiger partial charge in [-0.25, -0.2) is 14.1 Å². The summed E-state index contributed by atoms with van der Waals surface area (Å²) in [6.45, 7) is 5.19. The summed E-state index contributed by atoms with van der Waals surface area (Å²) in [5.41, 5.74) is 0.889. The first kappa shape index (κ1) is 18.9. The molecule has 5 nitrogen and oxygen atoms in total. The van der Waals surface area contributed by atoms with Crippen molar-refractivity contribution in [1.29, 1.82) is 0 Å². The van der Waals surface area contributed by atoms with Gasteiger partial charge in [0.1, 0.15) is 5.60 Å². The lowest BCUT2D eigenvalue weighted by atomic mass is 9.97. The average Bonchev–Trinajstić information content (AvgIpc) is 2.85. The maximum absolute atomic E-state index is 14.2. The predicted octanol–water partition coefficient (Wildman–Crippen LogP) is 4.51. The zero-order valence-corrected chi connectivity index (χ0v) is 15.8. The molecule has 27 heavy (non-hydrogen) atoms. The molecular formula is C21H22FNO4. The minimum absolute atomic E-state index is 0.0330. The lowest BCUT2D eigenvalue weighted by Gasteiger charge is -2.27. The van der Waals surface area contributed by atoms with Crippen LogP contribution < -0.4 is 4.74 Å². The smallest absolute Gasteiger partial charge is 0.417 e. The quantitative estimate of drug-likeness (QED) is 0.797. The van der Waals surface area contributed by atoms with Crippen molar-refractivity contribution < 1.29 is 23.5 Å². The molecule has 1 aliphatic rings. The van der Waals surface area contributed by atoms with Gasteiger partial charge >= 0.3 is 6.09 Å². The summed E-state index contributed by atoms with van der Waals surface area (Å²) in [7, 11) is 1.36. The second-order valence-corrected chi connectivity index (χ2v) is 7.44. The summed E-state index contributed by atoms with van der Waals surface area (Å²) in [5, 5.41) is 0. The molecule has 1 heterocycles. The Hall–Kier alpha value is -2.89. The first-order chi connectivity index (χ1) is 12.7. The Balaban J connectivity index is 2.06. The molecule has 3 rings (SSSR count).